The van der Waals surface area contributed by atoms with Gasteiger partial charge >= 0.3 is 0 Å². The SMILES string of the molecule is COCCOCCS(=O)Cl. The van der Waals surface area contributed by atoms with E-state index in [9.17, 15) is 4.21 Å². The summed E-state index contributed by atoms with van der Waals surface area (Å²) in [6, 6.07) is 0. The minimum atomic E-state index is -1.26. The first kappa shape index (κ1) is 10.4. The van der Waals surface area contributed by atoms with E-state index in [-0.39, 0.29) is 0 Å². The smallest absolute Gasteiger partial charge is 0.117 e. The van der Waals surface area contributed by atoms with Crippen LogP contribution in [0.3, 0.4) is 0 Å². The van der Waals surface area contributed by atoms with E-state index in [4.69, 9.17) is 20.2 Å². The second-order valence-electron chi connectivity index (χ2n) is 1.60. The van der Waals surface area contributed by atoms with Crippen molar-refractivity contribution in [2.24, 2.45) is 0 Å². The lowest BCUT2D eigenvalue weighted by molar-refractivity contribution is 0.0788. The molecular formula is C5H11ClO3S. The molecule has 0 aliphatic rings. The molecule has 10 heavy (non-hydrogen) atoms. The molecule has 0 aliphatic carbocycles. The highest BCUT2D eigenvalue weighted by Gasteiger charge is 1.92. The van der Waals surface area contributed by atoms with Crippen LogP contribution in [-0.2, 0) is 19.5 Å². The van der Waals surface area contributed by atoms with Crippen molar-refractivity contribution in [3.63, 3.8) is 0 Å². The van der Waals surface area contributed by atoms with Gasteiger partial charge in [0.15, 0.2) is 0 Å². The maximum absolute atomic E-state index is 10.2. The van der Waals surface area contributed by atoms with Gasteiger partial charge < -0.3 is 9.47 Å². The Morgan fingerprint density at radius 3 is 2.60 bits per heavy atom. The largest absolute Gasteiger partial charge is 0.382 e. The topological polar surface area (TPSA) is 35.5 Å². The molecule has 62 valence electrons. The molecule has 0 bridgehead atoms. The van der Waals surface area contributed by atoms with E-state index >= 15 is 0 Å². The highest BCUT2D eigenvalue weighted by atomic mass is 35.7. The predicted molar refractivity (Wildman–Crippen MR) is 41.6 cm³/mol. The summed E-state index contributed by atoms with van der Waals surface area (Å²) in [4.78, 5) is 0. The first-order valence-electron chi connectivity index (χ1n) is 2.88. The Kier molecular flexibility index (Phi) is 7.74. The third-order valence-corrected chi connectivity index (χ3v) is 1.77. The summed E-state index contributed by atoms with van der Waals surface area (Å²) >= 11 is 0. The van der Waals surface area contributed by atoms with Gasteiger partial charge in [-0.25, -0.2) is 4.21 Å². The molecule has 3 nitrogen and oxygen atoms in total. The maximum atomic E-state index is 10.2. The summed E-state index contributed by atoms with van der Waals surface area (Å²) in [5.74, 6) is 0.380. The van der Waals surface area contributed by atoms with Crippen LogP contribution in [0.25, 0.3) is 0 Å². The number of halogens is 1. The molecule has 1 unspecified atom stereocenters. The maximum Gasteiger partial charge on any atom is 0.117 e. The van der Waals surface area contributed by atoms with Gasteiger partial charge in [0.1, 0.15) is 10.0 Å². The van der Waals surface area contributed by atoms with Crippen LogP contribution in [0.1, 0.15) is 0 Å². The van der Waals surface area contributed by atoms with Crippen molar-refractivity contribution >= 4 is 20.7 Å². The molecule has 0 saturated carbocycles. The highest BCUT2D eigenvalue weighted by molar-refractivity contribution is 8.08. The van der Waals surface area contributed by atoms with Crippen molar-refractivity contribution in [3.8, 4) is 0 Å². The van der Waals surface area contributed by atoms with E-state index in [0.717, 1.165) is 0 Å². The van der Waals surface area contributed by atoms with Crippen molar-refractivity contribution in [1.82, 2.24) is 0 Å². The summed E-state index contributed by atoms with van der Waals surface area (Å²) in [5, 5.41) is 0. The van der Waals surface area contributed by atoms with E-state index in [1.54, 1.807) is 7.11 Å². The number of hydrogen-bond acceptors (Lipinski definition) is 3. The molecule has 0 fully saturated rings. The summed E-state index contributed by atoms with van der Waals surface area (Å²) in [5.41, 5.74) is 0. The average Bonchev–Trinajstić information content (AvgIpc) is 1.87. The quantitative estimate of drug-likeness (QED) is 0.449. The molecule has 5 heteroatoms. The van der Waals surface area contributed by atoms with Gasteiger partial charge in [-0.1, -0.05) is 0 Å². The van der Waals surface area contributed by atoms with Gasteiger partial charge in [-0.15, -0.1) is 0 Å². The standard InChI is InChI=1S/C5H11ClO3S/c1-8-2-3-9-4-5-10(6)7/h2-5H2,1H3. The lowest BCUT2D eigenvalue weighted by Crippen LogP contribution is -2.06. The zero-order chi connectivity index (χ0) is 7.82. The van der Waals surface area contributed by atoms with Crippen LogP contribution in [0, 0.1) is 0 Å². The van der Waals surface area contributed by atoms with Crippen LogP contribution in [-0.4, -0.2) is 36.9 Å². The van der Waals surface area contributed by atoms with Gasteiger partial charge in [0.25, 0.3) is 0 Å². The Hall–Kier alpha value is 0.360. The van der Waals surface area contributed by atoms with Gasteiger partial charge in [-0.2, -0.15) is 0 Å². The van der Waals surface area contributed by atoms with E-state index in [1.165, 1.54) is 0 Å². The Bertz CT molecular complexity index is 98.9. The number of methoxy groups -OCH3 is 1. The minimum Gasteiger partial charge on any atom is -0.382 e. The summed E-state index contributed by atoms with van der Waals surface area (Å²) in [6.45, 7) is 1.53. The molecule has 0 amide bonds. The summed E-state index contributed by atoms with van der Waals surface area (Å²) in [7, 11) is 5.49. The predicted octanol–water partition coefficient (Wildman–Crippen LogP) is 0.552. The normalized spacial score (nSPS) is 13.4. The average molecular weight is 187 g/mol. The van der Waals surface area contributed by atoms with Crippen molar-refractivity contribution in [2.75, 3.05) is 32.7 Å². The molecule has 0 aromatic carbocycles. The Morgan fingerprint density at radius 1 is 1.40 bits per heavy atom. The van der Waals surface area contributed by atoms with Gasteiger partial charge in [-0.3, -0.25) is 0 Å². The summed E-state index contributed by atoms with van der Waals surface area (Å²) < 4.78 is 19.9. The fourth-order valence-corrected chi connectivity index (χ4v) is 0.807. The molecule has 0 heterocycles. The number of ether oxygens (including phenoxy) is 2. The van der Waals surface area contributed by atoms with Gasteiger partial charge in [0.05, 0.1) is 25.6 Å². The minimum absolute atomic E-state index is 0.380. The molecule has 1 atom stereocenters. The van der Waals surface area contributed by atoms with E-state index in [2.05, 4.69) is 0 Å². The zero-order valence-corrected chi connectivity index (χ0v) is 7.41. The fraction of sp³-hybridized carbons (Fsp3) is 1.00. The molecule has 0 aromatic rings. The monoisotopic (exact) mass is 186 g/mol. The molecule has 0 aromatic heterocycles. The van der Waals surface area contributed by atoms with Crippen molar-refractivity contribution in [2.45, 2.75) is 0 Å². The van der Waals surface area contributed by atoms with Crippen LogP contribution in [0.2, 0.25) is 0 Å². The Labute approximate surface area is 67.6 Å². The highest BCUT2D eigenvalue weighted by Crippen LogP contribution is 1.87. The van der Waals surface area contributed by atoms with Crippen LogP contribution in [0.5, 0.6) is 0 Å². The molecule has 0 saturated heterocycles. The molecule has 0 spiro atoms. The first-order chi connectivity index (χ1) is 4.77. The lowest BCUT2D eigenvalue weighted by atomic mass is 10.7. The van der Waals surface area contributed by atoms with Crippen LogP contribution < -0.4 is 0 Å². The summed E-state index contributed by atoms with van der Waals surface area (Å²) in [6.07, 6.45) is 0. The second-order valence-corrected chi connectivity index (χ2v) is 3.62. The zero-order valence-electron chi connectivity index (χ0n) is 5.84. The van der Waals surface area contributed by atoms with Crippen molar-refractivity contribution in [3.05, 3.63) is 0 Å². The Morgan fingerprint density at radius 2 is 2.10 bits per heavy atom. The Balaban J connectivity index is 2.84. The van der Waals surface area contributed by atoms with E-state index < -0.39 is 10.0 Å². The lowest BCUT2D eigenvalue weighted by Gasteiger charge is -1.99. The van der Waals surface area contributed by atoms with Gasteiger partial charge in [-0.05, 0) is 10.7 Å². The molecule has 0 aliphatic heterocycles. The van der Waals surface area contributed by atoms with Crippen molar-refractivity contribution < 1.29 is 13.7 Å². The first-order valence-corrected chi connectivity index (χ1v) is 5.03. The van der Waals surface area contributed by atoms with Crippen LogP contribution >= 0.6 is 10.7 Å². The third kappa shape index (κ3) is 8.36. The molecule has 0 N–H and O–H groups in total. The molecule has 0 rings (SSSR count). The number of rotatable bonds is 6. The van der Waals surface area contributed by atoms with Crippen molar-refractivity contribution in [1.29, 1.82) is 0 Å². The number of hydrogen-bond donors (Lipinski definition) is 0. The second kappa shape index (κ2) is 7.47. The molecular weight excluding hydrogens is 176 g/mol. The molecule has 0 radical (unpaired) electrons. The van der Waals surface area contributed by atoms with Gasteiger partial charge in [0, 0.05) is 7.11 Å². The van der Waals surface area contributed by atoms with Crippen LogP contribution in [0.4, 0.5) is 0 Å². The van der Waals surface area contributed by atoms with E-state index in [1.807, 2.05) is 0 Å². The van der Waals surface area contributed by atoms with Gasteiger partial charge in [0.2, 0.25) is 0 Å². The van der Waals surface area contributed by atoms with Crippen LogP contribution in [0.15, 0.2) is 0 Å². The fourth-order valence-electron chi connectivity index (χ4n) is 0.369. The van der Waals surface area contributed by atoms with E-state index in [0.29, 0.717) is 25.6 Å². The third-order valence-electron chi connectivity index (χ3n) is 0.820.